The molecule has 2 rings (SSSR count). The molecule has 0 aliphatic rings. The van der Waals surface area contributed by atoms with Gasteiger partial charge in [0.2, 0.25) is 15.9 Å². The molecule has 0 bridgehead atoms. The Bertz CT molecular complexity index is 1130. The van der Waals surface area contributed by atoms with E-state index in [0.29, 0.717) is 20.1 Å². The minimum Gasteiger partial charge on any atom is -0.491 e. The highest BCUT2D eigenvalue weighted by Gasteiger charge is 2.26. The molecule has 0 aromatic heterocycles. The van der Waals surface area contributed by atoms with Crippen molar-refractivity contribution in [2.24, 2.45) is 0 Å². The number of rotatable bonds is 12. The zero-order valence-corrected chi connectivity index (χ0v) is 23.5. The van der Waals surface area contributed by atoms with Gasteiger partial charge in [0.25, 0.3) is 0 Å². The fraction of sp³-hybridized carbons (Fsp3) is 0.458. The minimum absolute atomic E-state index is 0.0243. The van der Waals surface area contributed by atoms with Crippen LogP contribution in [0.1, 0.15) is 31.9 Å². The van der Waals surface area contributed by atoms with E-state index in [0.717, 1.165) is 24.3 Å². The number of hydrogen-bond acceptors (Lipinski definition) is 7. The molecule has 200 valence electrons. The third-order valence-electron chi connectivity index (χ3n) is 5.46. The lowest BCUT2D eigenvalue weighted by Gasteiger charge is -2.27. The molecule has 12 heteroatoms. The number of ether oxygens (including phenoxy) is 2. The number of sulfonamides is 1. The topological polar surface area (TPSA) is 113 Å². The average Bonchev–Trinajstić information content (AvgIpc) is 2.79. The van der Waals surface area contributed by atoms with E-state index >= 15 is 0 Å². The minimum atomic E-state index is -3.78. The zero-order chi connectivity index (χ0) is 27.3. The molecule has 1 amide bonds. The SMILES string of the molecule is CC(=O)N(CC(O)COc1ccc(C(C)(C)c2cc(Cl)c(OCC(O)CCl)c(Cl)c2)cc1)S(C)(=O)=O. The van der Waals surface area contributed by atoms with Gasteiger partial charge in [0.05, 0.1) is 28.7 Å². The van der Waals surface area contributed by atoms with E-state index < -0.39 is 40.1 Å². The predicted octanol–water partition coefficient (Wildman–Crippen LogP) is 3.85. The normalized spacial score (nSPS) is 13.7. The fourth-order valence-corrected chi connectivity index (χ4v) is 4.95. The van der Waals surface area contributed by atoms with Gasteiger partial charge in [0, 0.05) is 12.3 Å². The number of alkyl halides is 1. The van der Waals surface area contributed by atoms with Crippen molar-refractivity contribution in [2.75, 3.05) is 31.9 Å². The van der Waals surface area contributed by atoms with Gasteiger partial charge >= 0.3 is 0 Å². The van der Waals surface area contributed by atoms with Crippen molar-refractivity contribution in [3.8, 4) is 11.5 Å². The summed E-state index contributed by atoms with van der Waals surface area (Å²) in [7, 11) is -3.78. The van der Waals surface area contributed by atoms with Gasteiger partial charge in [-0.2, -0.15) is 0 Å². The highest BCUT2D eigenvalue weighted by molar-refractivity contribution is 7.88. The molecule has 0 spiro atoms. The first-order chi connectivity index (χ1) is 16.7. The lowest BCUT2D eigenvalue weighted by Crippen LogP contribution is -2.41. The van der Waals surface area contributed by atoms with Crippen LogP contribution in [0.2, 0.25) is 10.0 Å². The molecule has 0 aliphatic heterocycles. The molecule has 0 saturated heterocycles. The van der Waals surface area contributed by atoms with Crippen LogP contribution in [-0.4, -0.2) is 72.9 Å². The van der Waals surface area contributed by atoms with Gasteiger partial charge < -0.3 is 19.7 Å². The van der Waals surface area contributed by atoms with Crippen molar-refractivity contribution < 1.29 is 32.9 Å². The molecular weight excluding hydrogens is 553 g/mol. The number of nitrogens with zero attached hydrogens (tertiary/aromatic N) is 1. The standard InChI is InChI=1S/C24H30Cl3NO7S/c1-15(29)28(36(4,32)33)12-19(31)14-34-20-7-5-16(6-8-20)24(2,3)17-9-21(26)23(22(27)10-17)35-13-18(30)11-25/h5-10,18-19,30-31H,11-14H2,1-4H3. The second-order valence-electron chi connectivity index (χ2n) is 8.82. The van der Waals surface area contributed by atoms with Gasteiger partial charge in [-0.1, -0.05) is 49.2 Å². The molecule has 0 fully saturated rings. The van der Waals surface area contributed by atoms with E-state index in [9.17, 15) is 23.4 Å². The Kier molecular flexibility index (Phi) is 10.7. The molecule has 2 N–H and O–H groups in total. The number of hydrogen-bond donors (Lipinski definition) is 2. The van der Waals surface area contributed by atoms with Gasteiger partial charge in [-0.05, 0) is 35.4 Å². The number of aliphatic hydroxyl groups is 2. The van der Waals surface area contributed by atoms with Crippen LogP contribution in [0.4, 0.5) is 0 Å². The summed E-state index contributed by atoms with van der Waals surface area (Å²) in [4.78, 5) is 11.5. The summed E-state index contributed by atoms with van der Waals surface area (Å²) in [6.45, 7) is 4.46. The smallest absolute Gasteiger partial charge is 0.234 e. The number of benzene rings is 2. The van der Waals surface area contributed by atoms with E-state index in [1.165, 1.54) is 0 Å². The van der Waals surface area contributed by atoms with E-state index in [2.05, 4.69) is 0 Å². The Morgan fingerprint density at radius 3 is 2.00 bits per heavy atom. The molecular formula is C24H30Cl3NO7S. The molecule has 0 saturated carbocycles. The monoisotopic (exact) mass is 581 g/mol. The van der Waals surface area contributed by atoms with Crippen molar-refractivity contribution in [1.82, 2.24) is 4.31 Å². The third-order valence-corrected chi connectivity index (χ3v) is 7.59. The Balaban J connectivity index is 2.10. The number of aliphatic hydroxyl groups excluding tert-OH is 2. The Labute approximate surface area is 226 Å². The second kappa shape index (κ2) is 12.7. The van der Waals surface area contributed by atoms with Crippen LogP contribution in [0, 0.1) is 0 Å². The van der Waals surface area contributed by atoms with Crippen LogP contribution in [0.25, 0.3) is 0 Å². The largest absolute Gasteiger partial charge is 0.491 e. The van der Waals surface area contributed by atoms with Crippen molar-refractivity contribution in [3.63, 3.8) is 0 Å². The Morgan fingerprint density at radius 2 is 1.53 bits per heavy atom. The molecule has 36 heavy (non-hydrogen) atoms. The van der Waals surface area contributed by atoms with Crippen molar-refractivity contribution in [2.45, 2.75) is 38.4 Å². The first-order valence-electron chi connectivity index (χ1n) is 10.9. The summed E-state index contributed by atoms with van der Waals surface area (Å²) in [5.74, 6) is 0.0654. The molecule has 0 radical (unpaired) electrons. The van der Waals surface area contributed by atoms with Crippen LogP contribution in [0.15, 0.2) is 36.4 Å². The molecule has 0 aliphatic carbocycles. The van der Waals surface area contributed by atoms with Gasteiger partial charge in [0.1, 0.15) is 31.2 Å². The van der Waals surface area contributed by atoms with Crippen LogP contribution in [0.5, 0.6) is 11.5 Å². The second-order valence-corrected chi connectivity index (χ2v) is 11.8. The van der Waals surface area contributed by atoms with Gasteiger partial charge in [-0.25, -0.2) is 12.7 Å². The molecule has 2 unspecified atom stereocenters. The highest BCUT2D eigenvalue weighted by Crippen LogP contribution is 2.40. The fourth-order valence-electron chi connectivity index (χ4n) is 3.35. The molecule has 2 aromatic rings. The van der Waals surface area contributed by atoms with E-state index in [1.807, 2.05) is 26.0 Å². The van der Waals surface area contributed by atoms with Gasteiger partial charge in [-0.15, -0.1) is 11.6 Å². The van der Waals surface area contributed by atoms with E-state index in [4.69, 9.17) is 44.3 Å². The number of carbonyl (C=O) groups is 1. The molecule has 8 nitrogen and oxygen atoms in total. The maximum Gasteiger partial charge on any atom is 0.234 e. The Morgan fingerprint density at radius 1 is 1.00 bits per heavy atom. The van der Waals surface area contributed by atoms with Crippen LogP contribution in [-0.2, 0) is 20.2 Å². The molecule has 0 heterocycles. The van der Waals surface area contributed by atoms with Crippen molar-refractivity contribution in [3.05, 3.63) is 57.6 Å². The number of halogens is 3. The zero-order valence-electron chi connectivity index (χ0n) is 20.4. The highest BCUT2D eigenvalue weighted by atomic mass is 35.5. The lowest BCUT2D eigenvalue weighted by molar-refractivity contribution is -0.125. The quantitative estimate of drug-likeness (QED) is 0.366. The summed E-state index contributed by atoms with van der Waals surface area (Å²) >= 11 is 18.4. The predicted molar refractivity (Wildman–Crippen MR) is 141 cm³/mol. The van der Waals surface area contributed by atoms with Crippen LogP contribution in [0.3, 0.4) is 0 Å². The summed E-state index contributed by atoms with van der Waals surface area (Å²) in [6, 6.07) is 10.6. The lowest BCUT2D eigenvalue weighted by atomic mass is 9.78. The van der Waals surface area contributed by atoms with Crippen LogP contribution >= 0.6 is 34.8 Å². The summed E-state index contributed by atoms with van der Waals surface area (Å²) in [5.41, 5.74) is 1.25. The van der Waals surface area contributed by atoms with Gasteiger partial charge in [-0.3, -0.25) is 4.79 Å². The summed E-state index contributed by atoms with van der Waals surface area (Å²) in [5, 5.41) is 20.4. The van der Waals surface area contributed by atoms with Gasteiger partial charge in [0.15, 0.2) is 5.75 Å². The maximum absolute atomic E-state index is 11.7. The number of amides is 1. The Hall–Kier alpha value is -1.75. The maximum atomic E-state index is 11.7. The first-order valence-corrected chi connectivity index (χ1v) is 14.1. The molecule has 2 aromatic carbocycles. The number of carbonyl (C=O) groups excluding carboxylic acids is 1. The third kappa shape index (κ3) is 8.13. The summed E-state index contributed by atoms with van der Waals surface area (Å²) < 4.78 is 35.0. The van der Waals surface area contributed by atoms with Crippen molar-refractivity contribution >= 4 is 50.7 Å². The van der Waals surface area contributed by atoms with Crippen molar-refractivity contribution in [1.29, 1.82) is 0 Å². The van der Waals surface area contributed by atoms with E-state index in [1.54, 1.807) is 24.3 Å². The summed E-state index contributed by atoms with van der Waals surface area (Å²) in [6.07, 6.45) is -1.14. The van der Waals surface area contributed by atoms with Crippen LogP contribution < -0.4 is 9.47 Å². The van der Waals surface area contributed by atoms with E-state index in [-0.39, 0.29) is 24.8 Å². The first kappa shape index (κ1) is 30.5. The average molecular weight is 583 g/mol. The molecule has 2 atom stereocenters.